The number of carbonyl (C=O) groups is 2. The molecule has 0 atom stereocenters. The molecule has 0 fully saturated rings. The van der Waals surface area contributed by atoms with Crippen LogP contribution in [0.4, 0.5) is 5.69 Å². The first-order valence-corrected chi connectivity index (χ1v) is 12.1. The molecule has 2 aromatic carbocycles. The Hall–Kier alpha value is -4.79. The highest BCUT2D eigenvalue weighted by atomic mass is 16.5. The number of nitrogens with one attached hydrogen (secondary N) is 1. The molecule has 4 aromatic rings. The SMILES string of the molecule is COc1ccccc1C1=NCc2ncc(-c3ccc(NC(=O)c4cc(C)nn4C)c(C(=O)N(C)C)c3)cc21. The molecule has 0 radical (unpaired) electrons. The summed E-state index contributed by atoms with van der Waals surface area (Å²) in [6.45, 7) is 2.31. The van der Waals surface area contributed by atoms with E-state index in [0.29, 0.717) is 23.5 Å². The lowest BCUT2D eigenvalue weighted by Crippen LogP contribution is -2.24. The Morgan fingerprint density at radius 1 is 1.03 bits per heavy atom. The van der Waals surface area contributed by atoms with Gasteiger partial charge < -0.3 is 15.0 Å². The number of aliphatic imine (C=N–C) groups is 1. The van der Waals surface area contributed by atoms with Crippen LogP contribution in [0.3, 0.4) is 0 Å². The van der Waals surface area contributed by atoms with Gasteiger partial charge in [-0.15, -0.1) is 0 Å². The van der Waals surface area contributed by atoms with E-state index in [9.17, 15) is 9.59 Å². The van der Waals surface area contributed by atoms with Crippen molar-refractivity contribution in [1.82, 2.24) is 19.7 Å². The maximum Gasteiger partial charge on any atom is 0.273 e. The molecule has 0 saturated heterocycles. The lowest BCUT2D eigenvalue weighted by molar-refractivity contribution is 0.0828. The number of benzene rings is 2. The van der Waals surface area contributed by atoms with Gasteiger partial charge in [0.2, 0.25) is 0 Å². The van der Waals surface area contributed by atoms with Gasteiger partial charge in [-0.25, -0.2) is 0 Å². The molecule has 0 spiro atoms. The minimum absolute atomic E-state index is 0.228. The summed E-state index contributed by atoms with van der Waals surface area (Å²) in [6.07, 6.45) is 1.79. The standard InChI is InChI=1S/C29H28N6O3/c1-17-12-25(35(4)33-17)28(36)32-23-11-10-18(13-22(23)29(37)34(2)3)19-14-21-24(30-15-19)16-31-27(21)20-8-6-7-9-26(20)38-5/h6-15H,16H2,1-5H3,(H,32,36). The molecule has 1 aliphatic rings. The maximum absolute atomic E-state index is 13.1. The van der Waals surface area contributed by atoms with Crippen LogP contribution in [0.25, 0.3) is 11.1 Å². The van der Waals surface area contributed by atoms with Gasteiger partial charge in [-0.3, -0.25) is 24.2 Å². The third-order valence-corrected chi connectivity index (χ3v) is 6.45. The zero-order valence-corrected chi connectivity index (χ0v) is 21.9. The third kappa shape index (κ3) is 4.54. The van der Waals surface area contributed by atoms with Gasteiger partial charge >= 0.3 is 0 Å². The van der Waals surface area contributed by atoms with Gasteiger partial charge in [-0.05, 0) is 48.9 Å². The highest BCUT2D eigenvalue weighted by Gasteiger charge is 2.23. The maximum atomic E-state index is 13.1. The van der Waals surface area contributed by atoms with Gasteiger partial charge in [0.15, 0.2) is 0 Å². The number of amides is 2. The number of anilines is 1. The van der Waals surface area contributed by atoms with Gasteiger partial charge in [0.25, 0.3) is 11.8 Å². The quantitative estimate of drug-likeness (QED) is 0.423. The van der Waals surface area contributed by atoms with Crippen molar-refractivity contribution >= 4 is 23.2 Å². The second-order valence-electron chi connectivity index (χ2n) is 9.29. The van der Waals surface area contributed by atoms with Crippen LogP contribution in [0, 0.1) is 6.92 Å². The number of rotatable bonds is 6. The Bertz CT molecular complexity index is 1600. The van der Waals surface area contributed by atoms with Crippen molar-refractivity contribution < 1.29 is 14.3 Å². The smallest absolute Gasteiger partial charge is 0.273 e. The highest BCUT2D eigenvalue weighted by Crippen LogP contribution is 2.32. The lowest BCUT2D eigenvalue weighted by atomic mass is 9.97. The molecule has 1 N–H and O–H groups in total. The van der Waals surface area contributed by atoms with E-state index in [1.165, 1.54) is 9.58 Å². The normalized spacial score (nSPS) is 12.1. The molecule has 1 aliphatic heterocycles. The molecular weight excluding hydrogens is 480 g/mol. The number of hydrogen-bond acceptors (Lipinski definition) is 6. The summed E-state index contributed by atoms with van der Waals surface area (Å²) < 4.78 is 7.07. The molecule has 9 heteroatoms. The van der Waals surface area contributed by atoms with E-state index in [0.717, 1.165) is 45.1 Å². The van der Waals surface area contributed by atoms with Crippen molar-refractivity contribution in [3.63, 3.8) is 0 Å². The first-order chi connectivity index (χ1) is 18.3. The van der Waals surface area contributed by atoms with Crippen molar-refractivity contribution in [2.45, 2.75) is 13.5 Å². The minimum Gasteiger partial charge on any atom is -0.496 e. The van der Waals surface area contributed by atoms with Crippen LogP contribution in [0.1, 0.15) is 43.4 Å². The number of para-hydroxylation sites is 1. The predicted octanol–water partition coefficient (Wildman–Crippen LogP) is 4.10. The number of hydrogen-bond donors (Lipinski definition) is 1. The fourth-order valence-electron chi connectivity index (χ4n) is 4.55. The fraction of sp³-hybridized carbons (Fsp3) is 0.207. The van der Waals surface area contributed by atoms with Crippen molar-refractivity contribution in [2.24, 2.45) is 12.0 Å². The Morgan fingerprint density at radius 3 is 2.53 bits per heavy atom. The Balaban J connectivity index is 1.53. The second kappa shape index (κ2) is 9.93. The van der Waals surface area contributed by atoms with Gasteiger partial charge in [-0.1, -0.05) is 18.2 Å². The van der Waals surface area contributed by atoms with E-state index >= 15 is 0 Å². The van der Waals surface area contributed by atoms with E-state index in [4.69, 9.17) is 9.73 Å². The topological polar surface area (TPSA) is 102 Å². The highest BCUT2D eigenvalue weighted by molar-refractivity contribution is 6.17. The van der Waals surface area contributed by atoms with Gasteiger partial charge in [-0.2, -0.15) is 5.10 Å². The van der Waals surface area contributed by atoms with E-state index < -0.39 is 0 Å². The average molecular weight is 509 g/mol. The van der Waals surface area contributed by atoms with E-state index in [-0.39, 0.29) is 11.8 Å². The van der Waals surface area contributed by atoms with Crippen LogP contribution in [0.5, 0.6) is 5.75 Å². The monoisotopic (exact) mass is 508 g/mol. The van der Waals surface area contributed by atoms with Crippen LogP contribution in [0.15, 0.2) is 65.8 Å². The van der Waals surface area contributed by atoms with Crippen LogP contribution in [-0.2, 0) is 13.6 Å². The third-order valence-electron chi connectivity index (χ3n) is 6.45. The summed E-state index contributed by atoms with van der Waals surface area (Å²) in [5, 5.41) is 7.12. The molecule has 3 heterocycles. The van der Waals surface area contributed by atoms with Crippen molar-refractivity contribution in [3.05, 3.63) is 94.6 Å². The van der Waals surface area contributed by atoms with Gasteiger partial charge in [0.1, 0.15) is 11.4 Å². The zero-order valence-electron chi connectivity index (χ0n) is 21.9. The summed E-state index contributed by atoms with van der Waals surface area (Å²) in [4.78, 5) is 37.0. The molecular formula is C29H28N6O3. The van der Waals surface area contributed by atoms with E-state index in [1.807, 2.05) is 43.3 Å². The molecule has 2 aromatic heterocycles. The molecule has 0 unspecified atom stereocenters. The number of fused-ring (bicyclic) bond motifs is 1. The first-order valence-electron chi connectivity index (χ1n) is 12.1. The van der Waals surface area contributed by atoms with E-state index in [1.54, 1.807) is 52.6 Å². The number of carbonyl (C=O) groups excluding carboxylic acids is 2. The summed E-state index contributed by atoms with van der Waals surface area (Å²) in [6, 6.07) is 16.9. The number of nitrogens with zero attached hydrogens (tertiary/aromatic N) is 5. The zero-order chi connectivity index (χ0) is 27.0. The lowest BCUT2D eigenvalue weighted by Gasteiger charge is -2.17. The molecule has 0 aliphatic carbocycles. The minimum atomic E-state index is -0.342. The number of aryl methyl sites for hydroxylation is 2. The van der Waals surface area contributed by atoms with Crippen molar-refractivity contribution in [2.75, 3.05) is 26.5 Å². The van der Waals surface area contributed by atoms with Crippen LogP contribution in [-0.4, -0.2) is 58.4 Å². The Morgan fingerprint density at radius 2 is 1.82 bits per heavy atom. The van der Waals surface area contributed by atoms with Crippen LogP contribution >= 0.6 is 0 Å². The second-order valence-corrected chi connectivity index (χ2v) is 9.29. The number of ether oxygens (including phenoxy) is 1. The van der Waals surface area contributed by atoms with E-state index in [2.05, 4.69) is 15.4 Å². The molecule has 2 amide bonds. The number of pyridine rings is 1. The molecule has 192 valence electrons. The largest absolute Gasteiger partial charge is 0.496 e. The van der Waals surface area contributed by atoms with Crippen molar-refractivity contribution in [3.8, 4) is 16.9 Å². The molecule has 38 heavy (non-hydrogen) atoms. The molecule has 9 nitrogen and oxygen atoms in total. The molecule has 5 rings (SSSR count). The van der Waals surface area contributed by atoms with Crippen LogP contribution in [0.2, 0.25) is 0 Å². The van der Waals surface area contributed by atoms with Crippen molar-refractivity contribution in [1.29, 1.82) is 0 Å². The van der Waals surface area contributed by atoms with Gasteiger partial charge in [0, 0.05) is 44.0 Å². The summed E-state index contributed by atoms with van der Waals surface area (Å²) in [5.41, 5.74) is 7.10. The number of methoxy groups -OCH3 is 1. The predicted molar refractivity (Wildman–Crippen MR) is 146 cm³/mol. The Labute approximate surface area is 220 Å². The summed E-state index contributed by atoms with van der Waals surface area (Å²) in [5.74, 6) is 0.173. The summed E-state index contributed by atoms with van der Waals surface area (Å²) >= 11 is 0. The van der Waals surface area contributed by atoms with Crippen LogP contribution < -0.4 is 10.1 Å². The summed E-state index contributed by atoms with van der Waals surface area (Å²) in [7, 11) is 6.71. The Kier molecular flexibility index (Phi) is 6.50. The fourth-order valence-corrected chi connectivity index (χ4v) is 4.55. The molecule has 0 saturated carbocycles. The first kappa shape index (κ1) is 24.9. The average Bonchev–Trinajstić information content (AvgIpc) is 3.49. The molecule has 0 bridgehead atoms. The van der Waals surface area contributed by atoms with Gasteiger partial charge in [0.05, 0.1) is 42.0 Å². The number of aromatic nitrogens is 3.